The Bertz CT molecular complexity index is 1290. The van der Waals surface area contributed by atoms with E-state index in [4.69, 9.17) is 15.7 Å². The van der Waals surface area contributed by atoms with E-state index in [1.54, 1.807) is 20.0 Å². The van der Waals surface area contributed by atoms with Gasteiger partial charge in [-0.25, -0.2) is 15.0 Å². The number of nitrogens with two attached hydrogens (primary N) is 1. The van der Waals surface area contributed by atoms with Gasteiger partial charge < -0.3 is 25.9 Å². The molecule has 3 heterocycles. The Morgan fingerprint density at radius 2 is 1.92 bits per heavy atom. The highest BCUT2D eigenvalue weighted by Crippen LogP contribution is 2.35. The number of oxime groups is 1. The van der Waals surface area contributed by atoms with Crippen molar-refractivity contribution in [2.45, 2.75) is 90.3 Å². The molecular formula is C27H38N8O2. The summed E-state index contributed by atoms with van der Waals surface area (Å²) in [4.78, 5) is 18.9. The number of aromatic nitrogens is 5. The van der Waals surface area contributed by atoms with E-state index in [2.05, 4.69) is 31.9 Å². The number of pyridine rings is 1. The van der Waals surface area contributed by atoms with Crippen LogP contribution in [0.5, 0.6) is 0 Å². The summed E-state index contributed by atoms with van der Waals surface area (Å²) in [5, 5.41) is 26.7. The maximum absolute atomic E-state index is 10.6. The van der Waals surface area contributed by atoms with E-state index in [1.165, 1.54) is 51.4 Å². The summed E-state index contributed by atoms with van der Waals surface area (Å²) in [6.45, 7) is 6.47. The molecule has 2 aliphatic rings. The zero-order chi connectivity index (χ0) is 26.2. The molecule has 0 aliphatic heterocycles. The van der Waals surface area contributed by atoms with Gasteiger partial charge in [0.1, 0.15) is 11.2 Å². The Hall–Kier alpha value is -3.27. The lowest BCUT2D eigenvalue weighted by molar-refractivity contribution is 0.0785. The van der Waals surface area contributed by atoms with Gasteiger partial charge in [0.15, 0.2) is 17.3 Å². The molecule has 3 aromatic rings. The molecule has 5 rings (SSSR count). The molecule has 10 heteroatoms. The third-order valence-electron chi connectivity index (χ3n) is 8.02. The van der Waals surface area contributed by atoms with Gasteiger partial charge >= 0.3 is 0 Å². The van der Waals surface area contributed by atoms with Crippen LogP contribution < -0.4 is 11.1 Å². The van der Waals surface area contributed by atoms with Crippen molar-refractivity contribution in [1.29, 1.82) is 0 Å². The molecule has 2 fully saturated rings. The summed E-state index contributed by atoms with van der Waals surface area (Å²) in [6.07, 6.45) is 11.4. The lowest BCUT2D eigenvalue weighted by Gasteiger charge is -2.32. The molecule has 2 aliphatic carbocycles. The number of fused-ring (bicyclic) bond motifs is 1. The molecule has 198 valence electrons. The molecular weight excluding hydrogens is 468 g/mol. The summed E-state index contributed by atoms with van der Waals surface area (Å²) in [5.74, 6) is 2.38. The van der Waals surface area contributed by atoms with Gasteiger partial charge in [-0.15, -0.1) is 0 Å². The predicted molar refractivity (Wildman–Crippen MR) is 143 cm³/mol. The Morgan fingerprint density at radius 3 is 2.57 bits per heavy atom. The van der Waals surface area contributed by atoms with Crippen LogP contribution in [-0.4, -0.2) is 46.7 Å². The summed E-state index contributed by atoms with van der Waals surface area (Å²) in [6, 6.07) is 3.92. The van der Waals surface area contributed by atoms with E-state index in [1.807, 2.05) is 12.1 Å². The third kappa shape index (κ3) is 5.25. The molecule has 0 aromatic carbocycles. The van der Waals surface area contributed by atoms with Crippen LogP contribution in [0.4, 0.5) is 5.82 Å². The smallest absolute Gasteiger partial charge is 0.208 e. The van der Waals surface area contributed by atoms with E-state index in [9.17, 15) is 10.3 Å². The lowest BCUT2D eigenvalue weighted by Crippen LogP contribution is -2.32. The zero-order valence-corrected chi connectivity index (χ0v) is 22.0. The lowest BCUT2D eigenvalue weighted by atomic mass is 9.80. The van der Waals surface area contributed by atoms with Gasteiger partial charge in [0.25, 0.3) is 0 Å². The fourth-order valence-corrected chi connectivity index (χ4v) is 5.50. The highest BCUT2D eigenvalue weighted by Gasteiger charge is 2.28. The molecule has 0 saturated heterocycles. The first-order valence-electron chi connectivity index (χ1n) is 13.5. The number of hydrogen-bond acceptors (Lipinski definition) is 8. The van der Waals surface area contributed by atoms with Crippen LogP contribution in [0.2, 0.25) is 0 Å². The topological polar surface area (TPSA) is 147 Å². The van der Waals surface area contributed by atoms with Gasteiger partial charge in [0.05, 0.1) is 5.60 Å². The molecule has 3 aromatic heterocycles. The summed E-state index contributed by atoms with van der Waals surface area (Å²) in [7, 11) is 0. The average molecular weight is 507 g/mol. The maximum Gasteiger partial charge on any atom is 0.208 e. The summed E-state index contributed by atoms with van der Waals surface area (Å²) in [5.41, 5.74) is 7.61. The number of anilines is 1. The first kappa shape index (κ1) is 25.4. The molecule has 2 saturated carbocycles. The molecule has 0 bridgehead atoms. The highest BCUT2D eigenvalue weighted by atomic mass is 16.4. The number of rotatable bonds is 8. The minimum Gasteiger partial charge on any atom is -0.409 e. The SMILES string of the molecule is C[C@@H](Nc1nc(/C(N)=N/O)nc2nc(-c3cc(C(C)(C)O)ccn3)n(CC3CCCCC3)c12)C1CCC1. The van der Waals surface area contributed by atoms with Crippen LogP contribution in [0, 0.1) is 11.8 Å². The van der Waals surface area contributed by atoms with Crippen LogP contribution in [0.1, 0.15) is 83.5 Å². The number of imidazole rings is 1. The van der Waals surface area contributed by atoms with E-state index >= 15 is 0 Å². The van der Waals surface area contributed by atoms with E-state index in [0.29, 0.717) is 34.8 Å². The van der Waals surface area contributed by atoms with Crippen LogP contribution in [0.15, 0.2) is 23.5 Å². The van der Waals surface area contributed by atoms with Gasteiger partial charge in [-0.2, -0.15) is 0 Å². The molecule has 1 atom stereocenters. The van der Waals surface area contributed by atoms with Crippen molar-refractivity contribution in [2.24, 2.45) is 22.7 Å². The van der Waals surface area contributed by atoms with E-state index in [0.717, 1.165) is 17.6 Å². The quantitative estimate of drug-likeness (QED) is 0.152. The van der Waals surface area contributed by atoms with Crippen molar-refractivity contribution in [3.8, 4) is 11.5 Å². The zero-order valence-electron chi connectivity index (χ0n) is 22.0. The van der Waals surface area contributed by atoms with Gasteiger partial charge in [-0.3, -0.25) is 4.98 Å². The maximum atomic E-state index is 10.6. The molecule has 0 amide bonds. The van der Waals surface area contributed by atoms with Crippen molar-refractivity contribution in [1.82, 2.24) is 24.5 Å². The van der Waals surface area contributed by atoms with Crippen LogP contribution >= 0.6 is 0 Å². The minimum atomic E-state index is -1.01. The molecule has 37 heavy (non-hydrogen) atoms. The normalized spacial score (nSPS) is 18.6. The van der Waals surface area contributed by atoms with Gasteiger partial charge in [-0.1, -0.05) is 30.8 Å². The largest absolute Gasteiger partial charge is 0.409 e. The summed E-state index contributed by atoms with van der Waals surface area (Å²) >= 11 is 0. The van der Waals surface area contributed by atoms with E-state index < -0.39 is 5.60 Å². The number of hydrogen-bond donors (Lipinski definition) is 4. The molecule has 5 N–H and O–H groups in total. The van der Waals surface area contributed by atoms with Gasteiger partial charge in [-0.05, 0) is 76.0 Å². The second-order valence-corrected chi connectivity index (χ2v) is 11.2. The van der Waals surface area contributed by atoms with Crippen molar-refractivity contribution >= 4 is 22.8 Å². The predicted octanol–water partition coefficient (Wildman–Crippen LogP) is 4.39. The summed E-state index contributed by atoms with van der Waals surface area (Å²) < 4.78 is 2.19. The van der Waals surface area contributed by atoms with Crippen LogP contribution in [-0.2, 0) is 12.1 Å². The highest BCUT2D eigenvalue weighted by molar-refractivity contribution is 5.97. The Morgan fingerprint density at radius 1 is 1.16 bits per heavy atom. The Labute approximate surface area is 217 Å². The fourth-order valence-electron chi connectivity index (χ4n) is 5.50. The average Bonchev–Trinajstić information content (AvgIpc) is 3.21. The first-order valence-corrected chi connectivity index (χ1v) is 13.5. The number of nitrogens with zero attached hydrogens (tertiary/aromatic N) is 6. The first-order chi connectivity index (χ1) is 17.7. The van der Waals surface area contributed by atoms with Crippen molar-refractivity contribution in [2.75, 3.05) is 5.32 Å². The van der Waals surface area contributed by atoms with Crippen molar-refractivity contribution in [3.05, 3.63) is 29.7 Å². The second-order valence-electron chi connectivity index (χ2n) is 11.2. The molecule has 10 nitrogen and oxygen atoms in total. The minimum absolute atomic E-state index is 0.130. The van der Waals surface area contributed by atoms with Crippen molar-refractivity contribution in [3.63, 3.8) is 0 Å². The van der Waals surface area contributed by atoms with Crippen LogP contribution in [0.3, 0.4) is 0 Å². The van der Waals surface area contributed by atoms with E-state index in [-0.39, 0.29) is 17.7 Å². The second kappa shape index (κ2) is 10.2. The van der Waals surface area contributed by atoms with Crippen molar-refractivity contribution < 1.29 is 10.3 Å². The third-order valence-corrected chi connectivity index (χ3v) is 8.02. The number of amidine groups is 1. The molecule has 0 unspecified atom stereocenters. The number of aliphatic hydroxyl groups is 1. The monoisotopic (exact) mass is 506 g/mol. The standard InChI is InChI=1S/C27H38N8O2/c1-16(18-10-7-11-18)30-23-21-24(32-25(31-23)22(28)34-37)33-26(35(21)15-17-8-5-4-6-9-17)20-14-19(12-13-29-20)27(2,3)36/h12-14,16-18,36-37H,4-11,15H2,1-3H3,(H2,28,34)(H,30,31,32)/t16-/m1/s1. The molecule has 0 radical (unpaired) electrons. The fraction of sp³-hybridized carbons (Fsp3) is 0.593. The van der Waals surface area contributed by atoms with Gasteiger partial charge in [0.2, 0.25) is 11.7 Å². The Kier molecular flexibility index (Phi) is 7.02. The van der Waals surface area contributed by atoms with Crippen LogP contribution in [0.25, 0.3) is 22.7 Å². The van der Waals surface area contributed by atoms with Gasteiger partial charge in [0, 0.05) is 18.8 Å². The molecule has 0 spiro atoms. The Balaban J connectivity index is 1.69. The number of nitrogens with one attached hydrogen (secondary N) is 1.